The van der Waals surface area contributed by atoms with E-state index in [0.29, 0.717) is 17.9 Å². The number of H-pyrrole nitrogens is 1. The van der Waals surface area contributed by atoms with E-state index in [1.807, 2.05) is 6.92 Å². The second kappa shape index (κ2) is 7.28. The molecule has 1 fully saturated rings. The SMILES string of the molecule is CCc1[nH]nc(C(=O)NCCN2CCCCCC2)c1N. The topological polar surface area (TPSA) is 87.0 Å². The molecule has 6 nitrogen and oxygen atoms in total. The maximum atomic E-state index is 12.0. The van der Waals surface area contributed by atoms with Crippen molar-refractivity contribution >= 4 is 11.6 Å². The predicted octanol–water partition coefficient (Wildman–Crippen LogP) is 1.16. The van der Waals surface area contributed by atoms with Crippen LogP contribution in [0.5, 0.6) is 0 Å². The fourth-order valence-electron chi connectivity index (χ4n) is 2.60. The van der Waals surface area contributed by atoms with Crippen molar-refractivity contribution in [1.29, 1.82) is 0 Å². The van der Waals surface area contributed by atoms with E-state index in [4.69, 9.17) is 5.73 Å². The highest BCUT2D eigenvalue weighted by atomic mass is 16.1. The number of nitrogen functional groups attached to an aromatic ring is 1. The fraction of sp³-hybridized carbons (Fsp3) is 0.714. The van der Waals surface area contributed by atoms with Crippen LogP contribution < -0.4 is 11.1 Å². The Kier molecular flexibility index (Phi) is 5.40. The summed E-state index contributed by atoms with van der Waals surface area (Å²) in [7, 11) is 0. The van der Waals surface area contributed by atoms with Crippen LogP contribution in [-0.2, 0) is 6.42 Å². The minimum Gasteiger partial charge on any atom is -0.395 e. The van der Waals surface area contributed by atoms with E-state index in [1.165, 1.54) is 25.7 Å². The fourth-order valence-corrected chi connectivity index (χ4v) is 2.60. The molecule has 0 spiro atoms. The van der Waals surface area contributed by atoms with Gasteiger partial charge in [-0.3, -0.25) is 9.89 Å². The molecule has 112 valence electrons. The van der Waals surface area contributed by atoms with Crippen LogP contribution in [0.4, 0.5) is 5.69 Å². The van der Waals surface area contributed by atoms with Gasteiger partial charge < -0.3 is 16.0 Å². The molecule has 1 aromatic heterocycles. The average molecular weight is 279 g/mol. The number of aryl methyl sites for hydroxylation is 1. The van der Waals surface area contributed by atoms with Crippen molar-refractivity contribution in [2.75, 3.05) is 31.9 Å². The van der Waals surface area contributed by atoms with E-state index in [0.717, 1.165) is 31.7 Å². The van der Waals surface area contributed by atoms with Crippen molar-refractivity contribution in [3.8, 4) is 0 Å². The summed E-state index contributed by atoms with van der Waals surface area (Å²) in [6.45, 7) is 5.80. The highest BCUT2D eigenvalue weighted by Crippen LogP contribution is 2.14. The number of amides is 1. The third-order valence-electron chi connectivity index (χ3n) is 3.86. The van der Waals surface area contributed by atoms with Crippen molar-refractivity contribution in [2.24, 2.45) is 0 Å². The maximum absolute atomic E-state index is 12.0. The molecular formula is C14H25N5O. The van der Waals surface area contributed by atoms with Crippen LogP contribution in [-0.4, -0.2) is 47.2 Å². The lowest BCUT2D eigenvalue weighted by Gasteiger charge is -2.19. The molecule has 0 saturated carbocycles. The molecule has 1 aromatic rings. The molecular weight excluding hydrogens is 254 g/mol. The number of likely N-dealkylation sites (tertiary alicyclic amines) is 1. The van der Waals surface area contributed by atoms with E-state index >= 15 is 0 Å². The summed E-state index contributed by atoms with van der Waals surface area (Å²) in [5.41, 5.74) is 7.50. The monoisotopic (exact) mass is 279 g/mol. The highest BCUT2D eigenvalue weighted by Gasteiger charge is 2.16. The Morgan fingerprint density at radius 1 is 1.35 bits per heavy atom. The molecule has 0 aliphatic carbocycles. The van der Waals surface area contributed by atoms with Gasteiger partial charge in [0.05, 0.1) is 11.4 Å². The quantitative estimate of drug-likeness (QED) is 0.755. The lowest BCUT2D eigenvalue weighted by molar-refractivity contribution is 0.0944. The van der Waals surface area contributed by atoms with Crippen LogP contribution >= 0.6 is 0 Å². The summed E-state index contributed by atoms with van der Waals surface area (Å²) in [6.07, 6.45) is 5.93. The third kappa shape index (κ3) is 3.72. The van der Waals surface area contributed by atoms with Gasteiger partial charge in [-0.05, 0) is 32.4 Å². The number of rotatable bonds is 5. The minimum atomic E-state index is -0.187. The number of nitrogens with one attached hydrogen (secondary N) is 2. The smallest absolute Gasteiger partial charge is 0.273 e. The number of carbonyl (C=O) groups excluding carboxylic acids is 1. The molecule has 0 aromatic carbocycles. The van der Waals surface area contributed by atoms with Crippen LogP contribution in [0.15, 0.2) is 0 Å². The molecule has 20 heavy (non-hydrogen) atoms. The first-order valence-corrected chi connectivity index (χ1v) is 7.55. The lowest BCUT2D eigenvalue weighted by Crippen LogP contribution is -2.35. The molecule has 0 radical (unpaired) electrons. The molecule has 6 heteroatoms. The molecule has 1 saturated heterocycles. The van der Waals surface area contributed by atoms with E-state index in [-0.39, 0.29) is 5.91 Å². The molecule has 0 bridgehead atoms. The molecule has 1 aliphatic heterocycles. The van der Waals surface area contributed by atoms with Gasteiger partial charge >= 0.3 is 0 Å². The van der Waals surface area contributed by atoms with Gasteiger partial charge in [-0.15, -0.1) is 0 Å². The lowest BCUT2D eigenvalue weighted by atomic mass is 10.2. The molecule has 2 rings (SSSR count). The summed E-state index contributed by atoms with van der Waals surface area (Å²) < 4.78 is 0. The van der Waals surface area contributed by atoms with Crippen molar-refractivity contribution in [3.05, 3.63) is 11.4 Å². The Morgan fingerprint density at radius 3 is 2.65 bits per heavy atom. The number of nitrogens with zero attached hydrogens (tertiary/aromatic N) is 2. The number of aromatic amines is 1. The van der Waals surface area contributed by atoms with Gasteiger partial charge in [0.1, 0.15) is 0 Å². The minimum absolute atomic E-state index is 0.187. The zero-order chi connectivity index (χ0) is 14.4. The zero-order valence-corrected chi connectivity index (χ0v) is 12.2. The van der Waals surface area contributed by atoms with Crippen LogP contribution in [0.1, 0.15) is 48.8 Å². The van der Waals surface area contributed by atoms with Gasteiger partial charge in [0.25, 0.3) is 5.91 Å². The average Bonchev–Trinajstić information content (AvgIpc) is 2.65. The van der Waals surface area contributed by atoms with Gasteiger partial charge in [-0.1, -0.05) is 19.8 Å². The van der Waals surface area contributed by atoms with Crippen molar-refractivity contribution < 1.29 is 4.79 Å². The Bertz CT molecular complexity index is 435. The van der Waals surface area contributed by atoms with Crippen molar-refractivity contribution in [3.63, 3.8) is 0 Å². The largest absolute Gasteiger partial charge is 0.395 e. The van der Waals surface area contributed by atoms with Crippen LogP contribution in [0, 0.1) is 0 Å². The number of aromatic nitrogens is 2. The number of anilines is 1. The molecule has 0 atom stereocenters. The van der Waals surface area contributed by atoms with Crippen LogP contribution in [0.25, 0.3) is 0 Å². The molecule has 4 N–H and O–H groups in total. The van der Waals surface area contributed by atoms with Gasteiger partial charge in [-0.2, -0.15) is 5.10 Å². The van der Waals surface area contributed by atoms with Crippen LogP contribution in [0.3, 0.4) is 0 Å². The highest BCUT2D eigenvalue weighted by molar-refractivity contribution is 5.97. The first-order chi connectivity index (χ1) is 9.72. The van der Waals surface area contributed by atoms with Gasteiger partial charge in [0, 0.05) is 13.1 Å². The molecule has 1 amide bonds. The molecule has 2 heterocycles. The third-order valence-corrected chi connectivity index (χ3v) is 3.86. The summed E-state index contributed by atoms with van der Waals surface area (Å²) in [4.78, 5) is 14.4. The Morgan fingerprint density at radius 2 is 2.05 bits per heavy atom. The second-order valence-electron chi connectivity index (χ2n) is 5.33. The first-order valence-electron chi connectivity index (χ1n) is 7.55. The number of carbonyl (C=O) groups is 1. The Labute approximate surface area is 120 Å². The molecule has 1 aliphatic rings. The van der Waals surface area contributed by atoms with E-state index in [1.54, 1.807) is 0 Å². The molecule has 0 unspecified atom stereocenters. The van der Waals surface area contributed by atoms with Crippen LogP contribution in [0.2, 0.25) is 0 Å². The van der Waals surface area contributed by atoms with E-state index in [9.17, 15) is 4.79 Å². The summed E-state index contributed by atoms with van der Waals surface area (Å²) in [5.74, 6) is -0.187. The second-order valence-corrected chi connectivity index (χ2v) is 5.33. The van der Waals surface area contributed by atoms with Gasteiger partial charge in [0.2, 0.25) is 0 Å². The predicted molar refractivity (Wildman–Crippen MR) is 79.6 cm³/mol. The van der Waals surface area contributed by atoms with E-state index < -0.39 is 0 Å². The normalized spacial score (nSPS) is 16.9. The van der Waals surface area contributed by atoms with Crippen molar-refractivity contribution in [1.82, 2.24) is 20.4 Å². The summed E-state index contributed by atoms with van der Waals surface area (Å²) in [5, 5.41) is 9.70. The maximum Gasteiger partial charge on any atom is 0.273 e. The van der Waals surface area contributed by atoms with Gasteiger partial charge in [-0.25, -0.2) is 0 Å². The number of nitrogens with two attached hydrogens (primary N) is 1. The number of hydrogen-bond donors (Lipinski definition) is 3. The summed E-state index contributed by atoms with van der Waals surface area (Å²) in [6, 6.07) is 0. The Hall–Kier alpha value is -1.56. The zero-order valence-electron chi connectivity index (χ0n) is 12.2. The number of hydrogen-bond acceptors (Lipinski definition) is 4. The summed E-state index contributed by atoms with van der Waals surface area (Å²) >= 11 is 0. The van der Waals surface area contributed by atoms with Crippen molar-refractivity contribution in [2.45, 2.75) is 39.0 Å². The first kappa shape index (κ1) is 14.8. The standard InChI is InChI=1S/C14H25N5O/c1-2-11-12(15)13(18-17-11)14(20)16-7-10-19-8-5-3-4-6-9-19/h2-10,15H2,1H3,(H,16,20)(H,17,18). The van der Waals surface area contributed by atoms with E-state index in [2.05, 4.69) is 20.4 Å². The van der Waals surface area contributed by atoms with Gasteiger partial charge in [0.15, 0.2) is 5.69 Å². The Balaban J connectivity index is 1.78.